The first-order chi connectivity index (χ1) is 6.95. The average molecular weight is 226 g/mol. The van der Waals surface area contributed by atoms with Crippen LogP contribution in [0, 0.1) is 18.3 Å². The normalized spacial score (nSPS) is 10.7. The molecule has 0 radical (unpaired) electrons. The Labute approximate surface area is 88.1 Å². The fraction of sp³-hybridized carbons (Fsp3) is 0.222. The van der Waals surface area contributed by atoms with Gasteiger partial charge in [-0.05, 0) is 30.7 Å². The SMILES string of the molecule is Cc1cc(NCC#N)ccc1S(=O)(=O)O. The lowest BCUT2D eigenvalue weighted by Crippen LogP contribution is -2.03. The van der Waals surface area contributed by atoms with Gasteiger partial charge < -0.3 is 5.32 Å². The number of hydrogen-bond donors (Lipinski definition) is 2. The van der Waals surface area contributed by atoms with Crippen LogP contribution in [0.5, 0.6) is 0 Å². The lowest BCUT2D eigenvalue weighted by atomic mass is 10.2. The maximum Gasteiger partial charge on any atom is 0.294 e. The van der Waals surface area contributed by atoms with Crippen LogP contribution < -0.4 is 5.32 Å². The molecule has 0 aromatic heterocycles. The second-order valence-electron chi connectivity index (χ2n) is 2.97. The Morgan fingerprint density at radius 1 is 1.53 bits per heavy atom. The van der Waals surface area contributed by atoms with Crippen LogP contribution in [0.2, 0.25) is 0 Å². The van der Waals surface area contributed by atoms with E-state index in [1.54, 1.807) is 13.0 Å². The summed E-state index contributed by atoms with van der Waals surface area (Å²) in [5, 5.41) is 11.1. The predicted octanol–water partition coefficient (Wildman–Crippen LogP) is 1.18. The van der Waals surface area contributed by atoms with Gasteiger partial charge >= 0.3 is 0 Å². The predicted molar refractivity (Wildman–Crippen MR) is 55.1 cm³/mol. The standard InChI is InChI=1S/C9H10N2O3S/c1-7-6-8(11-5-4-10)2-3-9(7)15(12,13)14/h2-3,6,11H,5H2,1H3,(H,12,13,14). The molecule has 2 N–H and O–H groups in total. The molecule has 0 saturated heterocycles. The summed E-state index contributed by atoms with van der Waals surface area (Å²) < 4.78 is 30.6. The molecule has 6 heteroatoms. The van der Waals surface area contributed by atoms with Crippen molar-refractivity contribution in [3.05, 3.63) is 23.8 Å². The number of nitrogens with one attached hydrogen (secondary N) is 1. The van der Waals surface area contributed by atoms with Gasteiger partial charge in [0, 0.05) is 5.69 Å². The fourth-order valence-corrected chi connectivity index (χ4v) is 1.90. The Morgan fingerprint density at radius 3 is 2.67 bits per heavy atom. The number of nitrogens with zero attached hydrogens (tertiary/aromatic N) is 1. The molecular formula is C9H10N2O3S. The van der Waals surface area contributed by atoms with Crippen LogP contribution in [0.1, 0.15) is 5.56 Å². The third kappa shape index (κ3) is 2.94. The molecule has 15 heavy (non-hydrogen) atoms. The van der Waals surface area contributed by atoms with E-state index in [2.05, 4.69) is 5.32 Å². The van der Waals surface area contributed by atoms with Crippen LogP contribution >= 0.6 is 0 Å². The van der Waals surface area contributed by atoms with E-state index >= 15 is 0 Å². The van der Waals surface area contributed by atoms with E-state index in [9.17, 15) is 8.42 Å². The molecular weight excluding hydrogens is 216 g/mol. The van der Waals surface area contributed by atoms with Crippen molar-refractivity contribution in [1.82, 2.24) is 0 Å². The van der Waals surface area contributed by atoms with Crippen molar-refractivity contribution in [2.24, 2.45) is 0 Å². The van der Waals surface area contributed by atoms with Crippen LogP contribution in [0.25, 0.3) is 0 Å². The molecule has 1 aromatic carbocycles. The molecule has 1 rings (SSSR count). The van der Waals surface area contributed by atoms with Crippen molar-refractivity contribution in [1.29, 1.82) is 5.26 Å². The number of nitriles is 1. The first-order valence-corrected chi connectivity index (χ1v) is 5.58. The van der Waals surface area contributed by atoms with Crippen molar-refractivity contribution < 1.29 is 13.0 Å². The van der Waals surface area contributed by atoms with Gasteiger partial charge in [0.05, 0.1) is 11.0 Å². The molecule has 0 unspecified atom stereocenters. The molecule has 0 spiro atoms. The summed E-state index contributed by atoms with van der Waals surface area (Å²) >= 11 is 0. The Balaban J connectivity index is 3.05. The third-order valence-corrected chi connectivity index (χ3v) is 2.84. The Kier molecular flexibility index (Phi) is 3.29. The van der Waals surface area contributed by atoms with Gasteiger partial charge in [0.25, 0.3) is 10.1 Å². The number of anilines is 1. The summed E-state index contributed by atoms with van der Waals surface area (Å²) in [6.07, 6.45) is 0. The molecule has 5 nitrogen and oxygen atoms in total. The van der Waals surface area contributed by atoms with Gasteiger partial charge in [0.15, 0.2) is 0 Å². The first kappa shape index (κ1) is 11.5. The topological polar surface area (TPSA) is 90.2 Å². The van der Waals surface area contributed by atoms with Crippen LogP contribution in [0.4, 0.5) is 5.69 Å². The zero-order valence-corrected chi connectivity index (χ0v) is 8.87. The van der Waals surface area contributed by atoms with Crippen LogP contribution in [0.15, 0.2) is 23.1 Å². The number of aryl methyl sites for hydroxylation is 1. The van der Waals surface area contributed by atoms with Gasteiger partial charge in [0.1, 0.15) is 6.54 Å². The van der Waals surface area contributed by atoms with Crippen LogP contribution in [-0.2, 0) is 10.1 Å². The quantitative estimate of drug-likeness (QED) is 0.596. The van der Waals surface area contributed by atoms with Gasteiger partial charge in [-0.15, -0.1) is 0 Å². The van der Waals surface area contributed by atoms with Gasteiger partial charge in [0.2, 0.25) is 0 Å². The fourth-order valence-electron chi connectivity index (χ4n) is 1.19. The zero-order valence-electron chi connectivity index (χ0n) is 8.06. The number of hydrogen-bond acceptors (Lipinski definition) is 4. The molecule has 0 atom stereocenters. The Hall–Kier alpha value is -1.58. The zero-order chi connectivity index (χ0) is 11.5. The summed E-state index contributed by atoms with van der Waals surface area (Å²) in [7, 11) is -4.16. The van der Waals surface area contributed by atoms with E-state index in [1.165, 1.54) is 12.1 Å². The third-order valence-electron chi connectivity index (χ3n) is 1.82. The van der Waals surface area contributed by atoms with Crippen molar-refractivity contribution >= 4 is 15.8 Å². The molecule has 0 amide bonds. The summed E-state index contributed by atoms with van der Waals surface area (Å²) in [4.78, 5) is -0.120. The van der Waals surface area contributed by atoms with Crippen LogP contribution in [0.3, 0.4) is 0 Å². The van der Waals surface area contributed by atoms with E-state index < -0.39 is 10.1 Å². The maximum absolute atomic E-state index is 10.9. The van der Waals surface area contributed by atoms with E-state index in [0.29, 0.717) is 11.3 Å². The second-order valence-corrected chi connectivity index (χ2v) is 4.36. The highest BCUT2D eigenvalue weighted by Gasteiger charge is 2.12. The Morgan fingerprint density at radius 2 is 2.20 bits per heavy atom. The van der Waals surface area contributed by atoms with Crippen molar-refractivity contribution in [2.75, 3.05) is 11.9 Å². The minimum Gasteiger partial charge on any atom is -0.372 e. The smallest absolute Gasteiger partial charge is 0.294 e. The van der Waals surface area contributed by atoms with E-state index in [4.69, 9.17) is 9.81 Å². The van der Waals surface area contributed by atoms with Crippen molar-refractivity contribution in [2.45, 2.75) is 11.8 Å². The maximum atomic E-state index is 10.9. The lowest BCUT2D eigenvalue weighted by molar-refractivity contribution is 0.482. The number of rotatable bonds is 3. The average Bonchev–Trinajstić information content (AvgIpc) is 2.12. The molecule has 0 bridgehead atoms. The summed E-state index contributed by atoms with van der Waals surface area (Å²) in [5.74, 6) is 0. The molecule has 0 aliphatic rings. The number of benzene rings is 1. The molecule has 0 aliphatic heterocycles. The van der Waals surface area contributed by atoms with Gasteiger partial charge in [-0.1, -0.05) is 0 Å². The Bertz CT molecular complexity index is 503. The van der Waals surface area contributed by atoms with Gasteiger partial charge in [-0.3, -0.25) is 4.55 Å². The first-order valence-electron chi connectivity index (χ1n) is 4.14. The molecule has 0 saturated carbocycles. The lowest BCUT2D eigenvalue weighted by Gasteiger charge is -2.06. The molecule has 0 fully saturated rings. The van der Waals surface area contributed by atoms with Gasteiger partial charge in [-0.25, -0.2) is 0 Å². The summed E-state index contributed by atoms with van der Waals surface area (Å²) in [6.45, 7) is 1.71. The van der Waals surface area contributed by atoms with E-state index in [-0.39, 0.29) is 11.4 Å². The highest BCUT2D eigenvalue weighted by atomic mass is 32.2. The van der Waals surface area contributed by atoms with Crippen LogP contribution in [-0.4, -0.2) is 19.5 Å². The van der Waals surface area contributed by atoms with Gasteiger partial charge in [-0.2, -0.15) is 13.7 Å². The van der Waals surface area contributed by atoms with Crippen molar-refractivity contribution in [3.63, 3.8) is 0 Å². The largest absolute Gasteiger partial charge is 0.372 e. The monoisotopic (exact) mass is 226 g/mol. The minimum absolute atomic E-state index is 0.120. The summed E-state index contributed by atoms with van der Waals surface area (Å²) in [5.41, 5.74) is 1.07. The molecule has 0 aliphatic carbocycles. The second kappa shape index (κ2) is 4.29. The molecule has 80 valence electrons. The minimum atomic E-state index is -4.16. The highest BCUT2D eigenvalue weighted by Crippen LogP contribution is 2.18. The van der Waals surface area contributed by atoms with E-state index in [1.807, 2.05) is 6.07 Å². The summed E-state index contributed by atoms with van der Waals surface area (Å²) in [6, 6.07) is 6.25. The van der Waals surface area contributed by atoms with Crippen molar-refractivity contribution in [3.8, 4) is 6.07 Å². The highest BCUT2D eigenvalue weighted by molar-refractivity contribution is 7.85. The van der Waals surface area contributed by atoms with E-state index in [0.717, 1.165) is 0 Å². The molecule has 0 heterocycles. The molecule has 1 aromatic rings.